The zero-order valence-corrected chi connectivity index (χ0v) is 11.0. The van der Waals surface area contributed by atoms with Crippen molar-refractivity contribution >= 4 is 23.1 Å². The Bertz CT molecular complexity index is 466. The molecule has 1 fully saturated rings. The minimum atomic E-state index is -0.352. The van der Waals surface area contributed by atoms with E-state index in [0.717, 1.165) is 19.3 Å². The summed E-state index contributed by atoms with van der Waals surface area (Å²) in [5.41, 5.74) is 5.60. The third-order valence-electron chi connectivity index (χ3n) is 3.05. The van der Waals surface area contributed by atoms with Gasteiger partial charge in [0, 0.05) is 4.88 Å². The monoisotopic (exact) mass is 267 g/mol. The van der Waals surface area contributed by atoms with Crippen LogP contribution in [0, 0.1) is 5.92 Å². The van der Waals surface area contributed by atoms with Crippen molar-refractivity contribution in [2.24, 2.45) is 16.8 Å². The summed E-state index contributed by atoms with van der Waals surface area (Å²) in [7, 11) is 0. The smallest absolute Gasteiger partial charge is 0.261 e. The molecule has 0 bridgehead atoms. The van der Waals surface area contributed by atoms with Gasteiger partial charge < -0.3 is 16.3 Å². The number of oxime groups is 1. The largest absolute Gasteiger partial charge is 0.409 e. The van der Waals surface area contributed by atoms with Crippen LogP contribution in [0.3, 0.4) is 0 Å². The lowest BCUT2D eigenvalue weighted by Crippen LogP contribution is -2.45. The van der Waals surface area contributed by atoms with Crippen LogP contribution in [0.4, 0.5) is 0 Å². The molecule has 0 aromatic carbocycles. The molecule has 4 N–H and O–H groups in total. The number of thiophene rings is 1. The van der Waals surface area contributed by atoms with Gasteiger partial charge in [0.1, 0.15) is 0 Å². The van der Waals surface area contributed by atoms with Gasteiger partial charge in [0.2, 0.25) is 0 Å². The van der Waals surface area contributed by atoms with Crippen molar-refractivity contribution in [3.05, 3.63) is 21.9 Å². The fourth-order valence-electron chi connectivity index (χ4n) is 1.83. The van der Waals surface area contributed by atoms with Crippen LogP contribution in [0.1, 0.15) is 34.3 Å². The SMILES string of the molecule is CCc1ccc(C(=O)NC(C(N)=NO)C2CC2)s1. The molecule has 6 heteroatoms. The molecule has 0 spiro atoms. The molecule has 2 rings (SSSR count). The van der Waals surface area contributed by atoms with Crippen LogP contribution in [0.2, 0.25) is 0 Å². The molecule has 1 heterocycles. The molecule has 1 aliphatic rings. The van der Waals surface area contributed by atoms with Crippen molar-refractivity contribution in [1.29, 1.82) is 0 Å². The molecule has 1 atom stereocenters. The maximum Gasteiger partial charge on any atom is 0.261 e. The molecule has 18 heavy (non-hydrogen) atoms. The number of carbonyl (C=O) groups is 1. The molecule has 1 saturated carbocycles. The van der Waals surface area contributed by atoms with Gasteiger partial charge in [-0.15, -0.1) is 11.3 Å². The van der Waals surface area contributed by atoms with Crippen LogP contribution < -0.4 is 11.1 Å². The predicted molar refractivity (Wildman–Crippen MR) is 71.1 cm³/mol. The van der Waals surface area contributed by atoms with Crippen LogP contribution in [-0.4, -0.2) is 23.0 Å². The molecule has 0 saturated heterocycles. The summed E-state index contributed by atoms with van der Waals surface area (Å²) in [6, 6.07) is 3.42. The molecular weight excluding hydrogens is 250 g/mol. The van der Waals surface area contributed by atoms with E-state index in [2.05, 4.69) is 17.4 Å². The van der Waals surface area contributed by atoms with E-state index >= 15 is 0 Å². The average Bonchev–Trinajstić information content (AvgIpc) is 3.11. The predicted octanol–water partition coefficient (Wildman–Crippen LogP) is 1.57. The van der Waals surface area contributed by atoms with Gasteiger partial charge in [-0.2, -0.15) is 0 Å². The van der Waals surface area contributed by atoms with Gasteiger partial charge in [-0.1, -0.05) is 12.1 Å². The van der Waals surface area contributed by atoms with Crippen molar-refractivity contribution < 1.29 is 10.0 Å². The first-order chi connectivity index (χ1) is 8.65. The Morgan fingerprint density at radius 3 is 2.89 bits per heavy atom. The number of nitrogens with two attached hydrogens (primary N) is 1. The van der Waals surface area contributed by atoms with E-state index in [1.807, 2.05) is 12.1 Å². The Hall–Kier alpha value is -1.56. The first-order valence-corrected chi connectivity index (χ1v) is 6.84. The first-order valence-electron chi connectivity index (χ1n) is 6.02. The van der Waals surface area contributed by atoms with Gasteiger partial charge in [-0.25, -0.2) is 0 Å². The van der Waals surface area contributed by atoms with Gasteiger partial charge in [-0.05, 0) is 37.3 Å². The number of hydrogen-bond acceptors (Lipinski definition) is 4. The molecule has 1 aliphatic carbocycles. The fraction of sp³-hybridized carbons (Fsp3) is 0.500. The topological polar surface area (TPSA) is 87.7 Å². The van der Waals surface area contributed by atoms with Crippen LogP contribution in [0.25, 0.3) is 0 Å². The highest BCUT2D eigenvalue weighted by atomic mass is 32.1. The van der Waals surface area contributed by atoms with Crippen LogP contribution in [0.5, 0.6) is 0 Å². The highest BCUT2D eigenvalue weighted by molar-refractivity contribution is 7.14. The fourth-order valence-corrected chi connectivity index (χ4v) is 2.68. The highest BCUT2D eigenvalue weighted by Gasteiger charge is 2.35. The molecule has 1 aromatic heterocycles. The minimum absolute atomic E-state index is 0.0816. The lowest BCUT2D eigenvalue weighted by molar-refractivity contribution is 0.0947. The summed E-state index contributed by atoms with van der Waals surface area (Å²) >= 11 is 1.48. The van der Waals surface area contributed by atoms with Crippen molar-refractivity contribution in [2.45, 2.75) is 32.2 Å². The summed E-state index contributed by atoms with van der Waals surface area (Å²) in [4.78, 5) is 13.9. The zero-order chi connectivity index (χ0) is 13.1. The number of rotatable bonds is 5. The second-order valence-corrected chi connectivity index (χ2v) is 5.60. The van der Waals surface area contributed by atoms with Crippen molar-refractivity contribution in [3.8, 4) is 0 Å². The molecule has 1 unspecified atom stereocenters. The van der Waals surface area contributed by atoms with Gasteiger partial charge in [0.15, 0.2) is 5.84 Å². The Labute approximate surface area is 110 Å². The van der Waals surface area contributed by atoms with Gasteiger partial charge >= 0.3 is 0 Å². The van der Waals surface area contributed by atoms with Crippen LogP contribution >= 0.6 is 11.3 Å². The van der Waals surface area contributed by atoms with E-state index < -0.39 is 0 Å². The Kier molecular flexibility index (Phi) is 3.86. The lowest BCUT2D eigenvalue weighted by Gasteiger charge is -2.15. The average molecular weight is 267 g/mol. The maximum absolute atomic E-state index is 12.0. The molecule has 0 aliphatic heterocycles. The standard InChI is InChI=1S/C12H17N3O2S/c1-2-8-5-6-9(18-8)12(16)14-10(7-3-4-7)11(13)15-17/h5-7,10,17H,2-4H2,1H3,(H2,13,15)(H,14,16). The van der Waals surface area contributed by atoms with Crippen molar-refractivity contribution in [1.82, 2.24) is 5.32 Å². The van der Waals surface area contributed by atoms with Crippen molar-refractivity contribution in [2.75, 3.05) is 0 Å². The van der Waals surface area contributed by atoms with E-state index in [4.69, 9.17) is 10.9 Å². The maximum atomic E-state index is 12.0. The third-order valence-corrected chi connectivity index (χ3v) is 4.28. The summed E-state index contributed by atoms with van der Waals surface area (Å²) in [5.74, 6) is 0.233. The summed E-state index contributed by atoms with van der Waals surface area (Å²) in [6.45, 7) is 2.05. The van der Waals surface area contributed by atoms with Crippen LogP contribution in [0.15, 0.2) is 17.3 Å². The first kappa shape index (κ1) is 12.9. The second kappa shape index (κ2) is 5.39. The van der Waals surface area contributed by atoms with E-state index in [1.54, 1.807) is 0 Å². The number of nitrogens with one attached hydrogen (secondary N) is 1. The molecule has 5 nitrogen and oxygen atoms in total. The summed E-state index contributed by atoms with van der Waals surface area (Å²) in [5, 5.41) is 14.6. The van der Waals surface area contributed by atoms with Gasteiger partial charge in [-0.3, -0.25) is 4.79 Å². The molecule has 0 radical (unpaired) electrons. The van der Waals surface area contributed by atoms with Crippen molar-refractivity contribution in [3.63, 3.8) is 0 Å². The molecule has 1 aromatic rings. The Morgan fingerprint density at radius 2 is 2.39 bits per heavy atom. The number of hydrogen-bond donors (Lipinski definition) is 3. The minimum Gasteiger partial charge on any atom is -0.409 e. The van der Waals surface area contributed by atoms with Gasteiger partial charge in [0.25, 0.3) is 5.91 Å². The number of amidine groups is 1. The van der Waals surface area contributed by atoms with E-state index in [-0.39, 0.29) is 17.8 Å². The quantitative estimate of drug-likeness (QED) is 0.327. The highest BCUT2D eigenvalue weighted by Crippen LogP contribution is 2.33. The van der Waals surface area contributed by atoms with E-state index in [0.29, 0.717) is 10.8 Å². The number of amides is 1. The summed E-state index contributed by atoms with van der Waals surface area (Å²) < 4.78 is 0. The number of nitrogens with zero attached hydrogens (tertiary/aromatic N) is 1. The molecule has 98 valence electrons. The summed E-state index contributed by atoms with van der Waals surface area (Å²) in [6.07, 6.45) is 2.93. The van der Waals surface area contributed by atoms with E-state index in [9.17, 15) is 4.79 Å². The Balaban J connectivity index is 2.04. The second-order valence-electron chi connectivity index (χ2n) is 4.43. The van der Waals surface area contributed by atoms with Crippen LogP contribution in [-0.2, 0) is 6.42 Å². The zero-order valence-electron chi connectivity index (χ0n) is 10.2. The normalized spacial score (nSPS) is 17.5. The third kappa shape index (κ3) is 2.81. The van der Waals surface area contributed by atoms with E-state index in [1.165, 1.54) is 16.2 Å². The molecule has 1 amide bonds. The van der Waals surface area contributed by atoms with Gasteiger partial charge in [0.05, 0.1) is 10.9 Å². The lowest BCUT2D eigenvalue weighted by atomic mass is 10.1. The number of carbonyl (C=O) groups excluding carboxylic acids is 1. The number of aryl methyl sites for hydroxylation is 1. The molecular formula is C12H17N3O2S. The Morgan fingerprint density at radius 1 is 1.67 bits per heavy atom.